The molecule has 1 heteroatoms. The molecule has 0 aromatic carbocycles. The van der Waals surface area contributed by atoms with Crippen LogP contribution in [0.3, 0.4) is 0 Å². The number of aliphatic hydroxyl groups is 1. The Morgan fingerprint density at radius 2 is 1.50 bits per heavy atom. The molecular weight excluding hydrogens is 172 g/mol. The summed E-state index contributed by atoms with van der Waals surface area (Å²) in [6.07, 6.45) is 8.41. The number of hydrogen-bond acceptors (Lipinski definition) is 1. The minimum atomic E-state index is 0.214. The summed E-state index contributed by atoms with van der Waals surface area (Å²) in [4.78, 5) is 0. The van der Waals surface area contributed by atoms with Crippen molar-refractivity contribution < 1.29 is 5.11 Å². The molecule has 78 valence electrons. The molecule has 4 rings (SSSR count). The zero-order chi connectivity index (χ0) is 9.76. The average molecular weight is 192 g/mol. The first-order valence-corrected chi connectivity index (χ1v) is 6.01. The molecule has 1 N–H and O–H groups in total. The molecule has 1 nitrogen and oxygen atoms in total. The third-order valence-electron chi connectivity index (χ3n) is 4.98. The number of aliphatic hydroxyl groups excluding tert-OH is 1. The first-order chi connectivity index (χ1) is 6.72. The van der Waals surface area contributed by atoms with Crippen molar-refractivity contribution in [2.45, 2.75) is 38.5 Å². The zero-order valence-electron chi connectivity index (χ0n) is 8.84. The maximum absolute atomic E-state index is 9.30. The van der Waals surface area contributed by atoms with Crippen LogP contribution < -0.4 is 0 Å². The van der Waals surface area contributed by atoms with E-state index in [4.69, 9.17) is 0 Å². The molecule has 0 atom stereocenters. The van der Waals surface area contributed by atoms with Gasteiger partial charge in [-0.25, -0.2) is 0 Å². The molecule has 14 heavy (non-hydrogen) atoms. The first-order valence-electron chi connectivity index (χ1n) is 6.01. The van der Waals surface area contributed by atoms with Gasteiger partial charge in [0.25, 0.3) is 0 Å². The van der Waals surface area contributed by atoms with Crippen molar-refractivity contribution in [2.24, 2.45) is 23.2 Å². The SMILES string of the molecule is C=C(CO)C12CC3CC(CC(C3)C1)C2. The van der Waals surface area contributed by atoms with E-state index in [1.807, 2.05) is 0 Å². The summed E-state index contributed by atoms with van der Waals surface area (Å²) in [5.74, 6) is 2.89. The van der Waals surface area contributed by atoms with E-state index in [0.29, 0.717) is 5.41 Å². The lowest BCUT2D eigenvalue weighted by atomic mass is 9.48. The summed E-state index contributed by atoms with van der Waals surface area (Å²) >= 11 is 0. The summed E-state index contributed by atoms with van der Waals surface area (Å²) in [7, 11) is 0. The standard InChI is InChI=1S/C13H20O/c1-9(8-14)13-5-10-2-11(6-13)4-12(3-10)7-13/h10-12,14H,1-8H2. The molecule has 4 aliphatic carbocycles. The highest BCUT2D eigenvalue weighted by Gasteiger charge is 2.51. The van der Waals surface area contributed by atoms with Gasteiger partial charge in [0, 0.05) is 0 Å². The van der Waals surface area contributed by atoms with Crippen LogP contribution in [-0.4, -0.2) is 11.7 Å². The molecule has 4 bridgehead atoms. The number of hydrogen-bond donors (Lipinski definition) is 1. The largest absolute Gasteiger partial charge is 0.392 e. The predicted octanol–water partition coefficient (Wildman–Crippen LogP) is 2.75. The molecule has 0 unspecified atom stereocenters. The van der Waals surface area contributed by atoms with Gasteiger partial charge in [-0.05, 0) is 67.3 Å². The maximum Gasteiger partial charge on any atom is 0.0644 e. The average Bonchev–Trinajstić information content (AvgIpc) is 2.14. The molecular formula is C13H20O. The Labute approximate surface area is 86.2 Å². The molecule has 0 amide bonds. The topological polar surface area (TPSA) is 20.2 Å². The molecule has 4 aliphatic rings. The van der Waals surface area contributed by atoms with Gasteiger partial charge < -0.3 is 5.11 Å². The van der Waals surface area contributed by atoms with Crippen molar-refractivity contribution in [1.29, 1.82) is 0 Å². The van der Waals surface area contributed by atoms with Crippen molar-refractivity contribution in [1.82, 2.24) is 0 Å². The van der Waals surface area contributed by atoms with Gasteiger partial charge in [0.1, 0.15) is 0 Å². The quantitative estimate of drug-likeness (QED) is 0.667. The minimum absolute atomic E-state index is 0.214. The summed E-state index contributed by atoms with van der Waals surface area (Å²) in [6.45, 7) is 4.33. The van der Waals surface area contributed by atoms with Crippen LogP contribution in [-0.2, 0) is 0 Å². The normalized spacial score (nSPS) is 49.6. The van der Waals surface area contributed by atoms with Crippen molar-refractivity contribution in [3.05, 3.63) is 12.2 Å². The van der Waals surface area contributed by atoms with E-state index < -0.39 is 0 Å². The van der Waals surface area contributed by atoms with Gasteiger partial charge in [0.2, 0.25) is 0 Å². The Morgan fingerprint density at radius 1 is 1.07 bits per heavy atom. The van der Waals surface area contributed by atoms with E-state index >= 15 is 0 Å². The second-order valence-electron chi connectivity index (χ2n) is 5.96. The molecule has 0 aromatic rings. The van der Waals surface area contributed by atoms with E-state index in [0.717, 1.165) is 23.3 Å². The maximum atomic E-state index is 9.30. The van der Waals surface area contributed by atoms with Crippen molar-refractivity contribution in [2.75, 3.05) is 6.61 Å². The Morgan fingerprint density at radius 3 is 1.86 bits per heavy atom. The fourth-order valence-corrected chi connectivity index (χ4v) is 4.71. The van der Waals surface area contributed by atoms with E-state index in [-0.39, 0.29) is 6.61 Å². The highest BCUT2D eigenvalue weighted by atomic mass is 16.3. The lowest BCUT2D eigenvalue weighted by Gasteiger charge is -2.57. The minimum Gasteiger partial charge on any atom is -0.392 e. The van der Waals surface area contributed by atoms with Gasteiger partial charge in [0.05, 0.1) is 6.61 Å². The Balaban J connectivity index is 1.91. The third kappa shape index (κ3) is 1.11. The van der Waals surface area contributed by atoms with Crippen LogP contribution in [0.15, 0.2) is 12.2 Å². The Bertz CT molecular complexity index is 231. The molecule has 0 aliphatic heterocycles. The molecule has 4 saturated carbocycles. The fourth-order valence-electron chi connectivity index (χ4n) is 4.71. The Hall–Kier alpha value is -0.300. The third-order valence-corrected chi connectivity index (χ3v) is 4.98. The molecule has 0 saturated heterocycles. The fraction of sp³-hybridized carbons (Fsp3) is 0.846. The van der Waals surface area contributed by atoms with Gasteiger partial charge in [0.15, 0.2) is 0 Å². The van der Waals surface area contributed by atoms with Crippen LogP contribution in [0.2, 0.25) is 0 Å². The van der Waals surface area contributed by atoms with Crippen LogP contribution in [0.25, 0.3) is 0 Å². The molecule has 0 spiro atoms. The van der Waals surface area contributed by atoms with Gasteiger partial charge in [-0.1, -0.05) is 6.58 Å². The second kappa shape index (κ2) is 2.85. The molecule has 4 fully saturated rings. The van der Waals surface area contributed by atoms with Gasteiger partial charge in [-0.2, -0.15) is 0 Å². The van der Waals surface area contributed by atoms with Crippen LogP contribution in [0.5, 0.6) is 0 Å². The Kier molecular flexibility index (Phi) is 1.82. The molecule has 0 heterocycles. The van der Waals surface area contributed by atoms with Crippen LogP contribution in [0, 0.1) is 23.2 Å². The van der Waals surface area contributed by atoms with Gasteiger partial charge in [-0.3, -0.25) is 0 Å². The van der Waals surface area contributed by atoms with E-state index in [2.05, 4.69) is 6.58 Å². The highest BCUT2D eigenvalue weighted by Crippen LogP contribution is 2.62. The van der Waals surface area contributed by atoms with Crippen LogP contribution in [0.4, 0.5) is 0 Å². The first kappa shape index (κ1) is 8.96. The molecule has 0 radical (unpaired) electrons. The van der Waals surface area contributed by atoms with Gasteiger partial charge in [-0.15, -0.1) is 0 Å². The van der Waals surface area contributed by atoms with E-state index in [9.17, 15) is 5.11 Å². The van der Waals surface area contributed by atoms with Gasteiger partial charge >= 0.3 is 0 Å². The van der Waals surface area contributed by atoms with Crippen molar-refractivity contribution >= 4 is 0 Å². The monoisotopic (exact) mass is 192 g/mol. The number of rotatable bonds is 2. The molecule has 0 aromatic heterocycles. The lowest BCUT2D eigenvalue weighted by Crippen LogP contribution is -2.47. The summed E-state index contributed by atoms with van der Waals surface area (Å²) in [5, 5.41) is 9.30. The lowest BCUT2D eigenvalue weighted by molar-refractivity contribution is -0.0347. The van der Waals surface area contributed by atoms with Crippen LogP contribution in [0.1, 0.15) is 38.5 Å². The summed E-state index contributed by atoms with van der Waals surface area (Å²) in [6, 6.07) is 0. The van der Waals surface area contributed by atoms with E-state index in [1.54, 1.807) is 0 Å². The van der Waals surface area contributed by atoms with E-state index in [1.165, 1.54) is 38.5 Å². The predicted molar refractivity (Wildman–Crippen MR) is 56.8 cm³/mol. The van der Waals surface area contributed by atoms with Crippen molar-refractivity contribution in [3.8, 4) is 0 Å². The highest BCUT2D eigenvalue weighted by molar-refractivity contribution is 5.18. The smallest absolute Gasteiger partial charge is 0.0644 e. The van der Waals surface area contributed by atoms with Crippen LogP contribution >= 0.6 is 0 Å². The van der Waals surface area contributed by atoms with Crippen molar-refractivity contribution in [3.63, 3.8) is 0 Å². The summed E-state index contributed by atoms with van der Waals surface area (Å²) in [5.41, 5.74) is 1.50. The summed E-state index contributed by atoms with van der Waals surface area (Å²) < 4.78 is 0. The zero-order valence-corrected chi connectivity index (χ0v) is 8.84. The second-order valence-corrected chi connectivity index (χ2v) is 5.96.